The molecule has 1 aliphatic heterocycles. The van der Waals surface area contributed by atoms with Gasteiger partial charge in [-0.05, 0) is 53.8 Å². The van der Waals surface area contributed by atoms with Crippen molar-refractivity contribution in [3.63, 3.8) is 0 Å². The fourth-order valence-corrected chi connectivity index (χ4v) is 5.36. The van der Waals surface area contributed by atoms with Gasteiger partial charge < -0.3 is 14.8 Å². The zero-order chi connectivity index (χ0) is 21.4. The second-order valence-electron chi connectivity index (χ2n) is 9.47. The first kappa shape index (κ1) is 20.3. The van der Waals surface area contributed by atoms with Gasteiger partial charge in [-0.25, -0.2) is 4.68 Å². The van der Waals surface area contributed by atoms with Crippen molar-refractivity contribution in [2.24, 2.45) is 0 Å². The molecule has 31 heavy (non-hydrogen) atoms. The van der Waals surface area contributed by atoms with E-state index in [9.17, 15) is 4.79 Å². The van der Waals surface area contributed by atoms with Crippen LogP contribution in [0.4, 0.5) is 0 Å². The topological polar surface area (TPSA) is 85.3 Å². The summed E-state index contributed by atoms with van der Waals surface area (Å²) in [4.78, 5) is 19.3. The number of H-pyrrole nitrogens is 1. The first-order valence-corrected chi connectivity index (χ1v) is 11.7. The van der Waals surface area contributed by atoms with Crippen molar-refractivity contribution < 1.29 is 9.80 Å². The third-order valence-corrected chi connectivity index (χ3v) is 7.19. The van der Waals surface area contributed by atoms with Crippen molar-refractivity contribution in [3.8, 4) is 0 Å². The molecule has 8 nitrogen and oxygen atoms in total. The second kappa shape index (κ2) is 8.51. The molecule has 1 saturated carbocycles. The lowest BCUT2D eigenvalue weighted by Crippen LogP contribution is -3.27. The number of aryl methyl sites for hydroxylation is 1. The van der Waals surface area contributed by atoms with Crippen LogP contribution in [0, 0.1) is 6.92 Å². The molecule has 0 spiro atoms. The summed E-state index contributed by atoms with van der Waals surface area (Å²) < 4.78 is 2.04. The largest absolute Gasteiger partial charge is 0.328 e. The number of fused-ring (bicyclic) bond motifs is 1. The average molecular weight is 424 g/mol. The third-order valence-electron chi connectivity index (χ3n) is 7.19. The van der Waals surface area contributed by atoms with Crippen LogP contribution in [0.3, 0.4) is 0 Å². The van der Waals surface area contributed by atoms with Gasteiger partial charge in [0.1, 0.15) is 26.2 Å². The van der Waals surface area contributed by atoms with E-state index < -0.39 is 0 Å². The van der Waals surface area contributed by atoms with Gasteiger partial charge in [0.25, 0.3) is 5.56 Å². The molecule has 1 atom stereocenters. The highest BCUT2D eigenvalue weighted by Gasteiger charge is 2.38. The van der Waals surface area contributed by atoms with Crippen LogP contribution < -0.4 is 15.4 Å². The zero-order valence-electron chi connectivity index (χ0n) is 18.5. The number of benzene rings is 1. The second-order valence-corrected chi connectivity index (χ2v) is 9.47. The molecule has 2 aromatic heterocycles. The van der Waals surface area contributed by atoms with Crippen molar-refractivity contribution in [1.29, 1.82) is 0 Å². The molecule has 1 saturated heterocycles. The van der Waals surface area contributed by atoms with Crippen LogP contribution in [0.2, 0.25) is 0 Å². The van der Waals surface area contributed by atoms with Crippen LogP contribution in [0.25, 0.3) is 10.9 Å². The SMILES string of the molecule is Cc1ccc2[nH]c(=O)c([C@@H](c3nnnn3C3CCCCC3)[NH+]3CC[NH+](C)CC3)cc2c1. The van der Waals surface area contributed by atoms with Gasteiger partial charge in [-0.3, -0.25) is 4.79 Å². The maximum atomic E-state index is 13.3. The maximum absolute atomic E-state index is 13.3. The number of pyridine rings is 1. The van der Waals surface area contributed by atoms with Crippen LogP contribution in [-0.2, 0) is 0 Å². The smallest absolute Gasteiger partial charge is 0.258 e. The standard InChI is InChI=1S/C23H31N7O/c1-16-8-9-20-17(14-16)15-19(23(31)24-20)21(29-12-10-28(2)11-13-29)22-25-26-27-30(22)18-6-4-3-5-7-18/h8-9,14-15,18,21H,3-7,10-13H2,1-2H3,(H,24,31)/p+2/t21-/m0/s1. The van der Waals surface area contributed by atoms with E-state index in [1.54, 1.807) is 0 Å². The maximum Gasteiger partial charge on any atom is 0.258 e. The van der Waals surface area contributed by atoms with E-state index in [0.29, 0.717) is 6.04 Å². The zero-order valence-corrected chi connectivity index (χ0v) is 18.5. The van der Waals surface area contributed by atoms with Gasteiger partial charge in [0.05, 0.1) is 18.7 Å². The summed E-state index contributed by atoms with van der Waals surface area (Å²) in [7, 11) is 2.24. The summed E-state index contributed by atoms with van der Waals surface area (Å²) in [5, 5.41) is 14.1. The summed E-state index contributed by atoms with van der Waals surface area (Å²) in [6.07, 6.45) is 5.94. The molecule has 3 aromatic rings. The molecule has 0 bridgehead atoms. The van der Waals surface area contributed by atoms with Crippen LogP contribution >= 0.6 is 0 Å². The molecule has 3 N–H and O–H groups in total. The molecular weight excluding hydrogens is 390 g/mol. The van der Waals surface area contributed by atoms with E-state index >= 15 is 0 Å². The number of hydrogen-bond donors (Lipinski definition) is 3. The van der Waals surface area contributed by atoms with Crippen molar-refractivity contribution in [2.75, 3.05) is 33.2 Å². The molecule has 2 fully saturated rings. The molecule has 1 aromatic carbocycles. The molecule has 0 radical (unpaired) electrons. The first-order valence-electron chi connectivity index (χ1n) is 11.7. The minimum absolute atomic E-state index is 0.0293. The third kappa shape index (κ3) is 4.02. The Labute approximate surface area is 182 Å². The molecule has 8 heteroatoms. The van der Waals surface area contributed by atoms with E-state index in [1.165, 1.54) is 34.6 Å². The highest BCUT2D eigenvalue weighted by molar-refractivity contribution is 5.79. The van der Waals surface area contributed by atoms with Gasteiger partial charge in [0.15, 0.2) is 6.04 Å². The molecule has 5 rings (SSSR count). The molecule has 3 heterocycles. The van der Waals surface area contributed by atoms with Crippen molar-refractivity contribution in [2.45, 2.75) is 51.1 Å². The molecular formula is C23H33N7O+2. The highest BCUT2D eigenvalue weighted by Crippen LogP contribution is 2.30. The van der Waals surface area contributed by atoms with Gasteiger partial charge >= 0.3 is 0 Å². The number of aromatic amines is 1. The molecule has 0 unspecified atom stereocenters. The number of nitrogens with zero attached hydrogens (tertiary/aromatic N) is 4. The molecule has 0 amide bonds. The monoisotopic (exact) mass is 423 g/mol. The quantitative estimate of drug-likeness (QED) is 0.544. The molecule has 1 aliphatic carbocycles. The highest BCUT2D eigenvalue weighted by atomic mass is 16.1. The fourth-order valence-electron chi connectivity index (χ4n) is 5.36. The van der Waals surface area contributed by atoms with Crippen LogP contribution in [0.5, 0.6) is 0 Å². The van der Waals surface area contributed by atoms with Crippen molar-refractivity contribution in [3.05, 3.63) is 51.6 Å². The average Bonchev–Trinajstić information content (AvgIpc) is 3.26. The Hall–Kier alpha value is -2.58. The predicted molar refractivity (Wildman–Crippen MR) is 118 cm³/mol. The van der Waals surface area contributed by atoms with E-state index in [1.807, 2.05) is 16.8 Å². The summed E-state index contributed by atoms with van der Waals surface area (Å²) in [6, 6.07) is 8.42. The number of hydrogen-bond acceptors (Lipinski definition) is 4. The number of likely N-dealkylation sites (N-methyl/N-ethyl adjacent to an activating group) is 1. The Morgan fingerprint density at radius 2 is 1.87 bits per heavy atom. The minimum atomic E-state index is -0.154. The van der Waals surface area contributed by atoms with Gasteiger partial charge in [-0.2, -0.15) is 0 Å². The van der Waals surface area contributed by atoms with E-state index in [4.69, 9.17) is 0 Å². The molecule has 2 aliphatic rings. The predicted octanol–water partition coefficient (Wildman–Crippen LogP) is -0.169. The number of rotatable bonds is 4. The van der Waals surface area contributed by atoms with Crippen LogP contribution in [0.15, 0.2) is 29.1 Å². The Bertz CT molecular complexity index is 1110. The normalized spacial score (nSPS) is 23.8. The Balaban J connectivity index is 1.62. The number of quaternary nitrogens is 2. The van der Waals surface area contributed by atoms with E-state index in [0.717, 1.165) is 61.3 Å². The van der Waals surface area contributed by atoms with Crippen LogP contribution in [0.1, 0.15) is 61.1 Å². The van der Waals surface area contributed by atoms with Gasteiger partial charge in [0.2, 0.25) is 5.82 Å². The lowest BCUT2D eigenvalue weighted by atomic mass is 9.95. The summed E-state index contributed by atoms with van der Waals surface area (Å²) >= 11 is 0. The van der Waals surface area contributed by atoms with E-state index in [2.05, 4.69) is 46.6 Å². The van der Waals surface area contributed by atoms with Crippen molar-refractivity contribution in [1.82, 2.24) is 25.2 Å². The first-order chi connectivity index (χ1) is 15.1. The van der Waals surface area contributed by atoms with Gasteiger partial charge in [0, 0.05) is 5.52 Å². The van der Waals surface area contributed by atoms with Gasteiger partial charge in [-0.1, -0.05) is 30.9 Å². The van der Waals surface area contributed by atoms with E-state index in [-0.39, 0.29) is 11.6 Å². The lowest BCUT2D eigenvalue weighted by molar-refractivity contribution is -1.02. The number of piperazine rings is 1. The molecule has 164 valence electrons. The number of tetrazole rings is 1. The summed E-state index contributed by atoms with van der Waals surface area (Å²) in [5.41, 5.74) is 2.81. The minimum Gasteiger partial charge on any atom is -0.328 e. The van der Waals surface area contributed by atoms with Crippen molar-refractivity contribution >= 4 is 10.9 Å². The number of nitrogens with one attached hydrogen (secondary N) is 3. The fraction of sp³-hybridized carbons (Fsp3) is 0.565. The Morgan fingerprint density at radius 1 is 1.10 bits per heavy atom. The Morgan fingerprint density at radius 3 is 2.65 bits per heavy atom. The van der Waals surface area contributed by atoms with Gasteiger partial charge in [-0.15, -0.1) is 5.10 Å². The van der Waals surface area contributed by atoms with Crippen LogP contribution in [-0.4, -0.2) is 58.4 Å². The number of aromatic nitrogens is 5. The Kier molecular flexibility index (Phi) is 5.58. The lowest BCUT2D eigenvalue weighted by Gasteiger charge is -2.33. The summed E-state index contributed by atoms with van der Waals surface area (Å²) in [6.45, 7) is 6.25. The summed E-state index contributed by atoms with van der Waals surface area (Å²) in [5.74, 6) is 0.846.